The van der Waals surface area contributed by atoms with E-state index in [2.05, 4.69) is 0 Å². The Hall–Kier alpha value is -1.11. The molecule has 7 heteroatoms. The third-order valence-electron chi connectivity index (χ3n) is 3.16. The molecule has 1 aromatic carbocycles. The molecule has 0 aromatic heterocycles. The predicted molar refractivity (Wildman–Crippen MR) is 79.1 cm³/mol. The standard InChI is InChI=1S/C13H17ClN2O3S/c1-9(13(17)16-4-6-19-7-5-16)20(18)12-8-10(15)2-3-11(12)14/h2-3,8-9H,4-7,15H2,1H3. The number of anilines is 1. The first kappa shape index (κ1) is 15.3. The van der Waals surface area contributed by atoms with Crippen molar-refractivity contribution >= 4 is 34.0 Å². The fourth-order valence-corrected chi connectivity index (χ4v) is 3.57. The van der Waals surface area contributed by atoms with E-state index in [-0.39, 0.29) is 5.91 Å². The molecule has 1 aliphatic rings. The van der Waals surface area contributed by atoms with Crippen molar-refractivity contribution in [1.82, 2.24) is 4.90 Å². The molecule has 110 valence electrons. The summed E-state index contributed by atoms with van der Waals surface area (Å²) in [6.45, 7) is 3.75. The highest BCUT2D eigenvalue weighted by Crippen LogP contribution is 2.25. The average molecular weight is 317 g/mol. The Morgan fingerprint density at radius 3 is 2.75 bits per heavy atom. The lowest BCUT2D eigenvalue weighted by Gasteiger charge is -2.29. The third kappa shape index (κ3) is 3.31. The molecule has 1 amide bonds. The monoisotopic (exact) mass is 316 g/mol. The van der Waals surface area contributed by atoms with E-state index in [0.29, 0.717) is 41.9 Å². The molecule has 0 bridgehead atoms. The number of carbonyl (C=O) groups is 1. The smallest absolute Gasteiger partial charge is 0.238 e. The van der Waals surface area contributed by atoms with Crippen LogP contribution in [-0.4, -0.2) is 46.6 Å². The summed E-state index contributed by atoms with van der Waals surface area (Å²) < 4.78 is 17.7. The van der Waals surface area contributed by atoms with Crippen molar-refractivity contribution in [3.8, 4) is 0 Å². The molecule has 0 spiro atoms. The second kappa shape index (κ2) is 6.56. The first-order valence-corrected chi connectivity index (χ1v) is 7.92. The van der Waals surface area contributed by atoms with Crippen molar-refractivity contribution in [1.29, 1.82) is 0 Å². The van der Waals surface area contributed by atoms with Crippen molar-refractivity contribution in [2.75, 3.05) is 32.0 Å². The maximum atomic E-state index is 12.5. The van der Waals surface area contributed by atoms with Crippen LogP contribution in [0.15, 0.2) is 23.1 Å². The van der Waals surface area contributed by atoms with E-state index < -0.39 is 16.0 Å². The van der Waals surface area contributed by atoms with E-state index >= 15 is 0 Å². The van der Waals surface area contributed by atoms with Gasteiger partial charge in [0.2, 0.25) is 5.91 Å². The predicted octanol–water partition coefficient (Wildman–Crippen LogP) is 1.28. The van der Waals surface area contributed by atoms with Gasteiger partial charge in [-0.05, 0) is 25.1 Å². The Labute approximate surface area is 125 Å². The lowest BCUT2D eigenvalue weighted by Crippen LogP contribution is -2.46. The first-order valence-electron chi connectivity index (χ1n) is 6.33. The van der Waals surface area contributed by atoms with Gasteiger partial charge in [-0.2, -0.15) is 0 Å². The van der Waals surface area contributed by atoms with E-state index in [9.17, 15) is 9.00 Å². The van der Waals surface area contributed by atoms with Crippen LogP contribution in [0.25, 0.3) is 0 Å². The summed E-state index contributed by atoms with van der Waals surface area (Å²) in [4.78, 5) is 14.4. The second-order valence-corrected chi connectivity index (χ2v) is 6.72. The molecular weight excluding hydrogens is 300 g/mol. The van der Waals surface area contributed by atoms with Crippen LogP contribution in [0.3, 0.4) is 0 Å². The van der Waals surface area contributed by atoms with Gasteiger partial charge in [-0.15, -0.1) is 0 Å². The van der Waals surface area contributed by atoms with Gasteiger partial charge in [0.1, 0.15) is 5.25 Å². The Bertz CT molecular complexity index is 532. The molecule has 2 rings (SSSR count). The highest BCUT2D eigenvalue weighted by Gasteiger charge is 2.28. The minimum atomic E-state index is -1.53. The minimum absolute atomic E-state index is 0.148. The number of hydrogen-bond donors (Lipinski definition) is 1. The SMILES string of the molecule is CC(C(=O)N1CCOCC1)S(=O)c1cc(N)ccc1Cl. The Morgan fingerprint density at radius 1 is 1.45 bits per heavy atom. The number of amides is 1. The summed E-state index contributed by atoms with van der Waals surface area (Å²) in [6, 6.07) is 4.79. The van der Waals surface area contributed by atoms with Crippen LogP contribution >= 0.6 is 11.6 Å². The van der Waals surface area contributed by atoms with E-state index in [1.807, 2.05) is 0 Å². The maximum Gasteiger partial charge on any atom is 0.238 e. The Morgan fingerprint density at radius 2 is 2.10 bits per heavy atom. The fraction of sp³-hybridized carbons (Fsp3) is 0.462. The molecule has 20 heavy (non-hydrogen) atoms. The zero-order chi connectivity index (χ0) is 14.7. The molecule has 2 N–H and O–H groups in total. The molecule has 1 fully saturated rings. The number of nitrogen functional groups attached to an aromatic ring is 1. The number of carbonyl (C=O) groups excluding carboxylic acids is 1. The average Bonchev–Trinajstić information content (AvgIpc) is 2.48. The molecule has 2 atom stereocenters. The molecule has 5 nitrogen and oxygen atoms in total. The quantitative estimate of drug-likeness (QED) is 0.853. The van der Waals surface area contributed by atoms with Crippen LogP contribution in [-0.2, 0) is 20.3 Å². The normalized spacial score (nSPS) is 18.6. The molecule has 1 aliphatic heterocycles. The Kier molecular flexibility index (Phi) is 5.01. The molecule has 1 saturated heterocycles. The van der Waals surface area contributed by atoms with Crippen LogP contribution < -0.4 is 5.73 Å². The molecule has 0 aliphatic carbocycles. The van der Waals surface area contributed by atoms with E-state index in [0.717, 1.165) is 0 Å². The summed E-state index contributed by atoms with van der Waals surface area (Å²) in [5.74, 6) is -0.148. The molecule has 2 unspecified atom stereocenters. The van der Waals surface area contributed by atoms with Crippen LogP contribution in [0.4, 0.5) is 5.69 Å². The number of nitrogens with zero attached hydrogens (tertiary/aromatic N) is 1. The maximum absolute atomic E-state index is 12.5. The van der Waals surface area contributed by atoms with Gasteiger partial charge in [0.15, 0.2) is 0 Å². The molecule has 1 aromatic rings. The topological polar surface area (TPSA) is 72.6 Å². The summed E-state index contributed by atoms with van der Waals surface area (Å²) in [6.07, 6.45) is 0. The number of morpholine rings is 1. The number of halogens is 1. The fourth-order valence-electron chi connectivity index (χ4n) is 2.00. The van der Waals surface area contributed by atoms with Crippen molar-refractivity contribution < 1.29 is 13.7 Å². The summed E-state index contributed by atoms with van der Waals surface area (Å²) >= 11 is 6.03. The van der Waals surface area contributed by atoms with Crippen molar-refractivity contribution in [2.45, 2.75) is 17.1 Å². The molecular formula is C13H17ClN2O3S. The van der Waals surface area contributed by atoms with E-state index in [4.69, 9.17) is 22.1 Å². The van der Waals surface area contributed by atoms with Gasteiger partial charge in [0, 0.05) is 18.8 Å². The van der Waals surface area contributed by atoms with Crippen LogP contribution in [0.1, 0.15) is 6.92 Å². The minimum Gasteiger partial charge on any atom is -0.399 e. The van der Waals surface area contributed by atoms with Gasteiger partial charge in [-0.3, -0.25) is 9.00 Å². The zero-order valence-corrected chi connectivity index (χ0v) is 12.7. The van der Waals surface area contributed by atoms with Gasteiger partial charge >= 0.3 is 0 Å². The molecule has 1 heterocycles. The highest BCUT2D eigenvalue weighted by atomic mass is 35.5. The van der Waals surface area contributed by atoms with Gasteiger partial charge in [0.25, 0.3) is 0 Å². The van der Waals surface area contributed by atoms with Crippen molar-refractivity contribution in [2.24, 2.45) is 0 Å². The largest absolute Gasteiger partial charge is 0.399 e. The van der Waals surface area contributed by atoms with Crippen molar-refractivity contribution in [3.05, 3.63) is 23.2 Å². The number of rotatable bonds is 3. The summed E-state index contributed by atoms with van der Waals surface area (Å²) in [7, 11) is -1.53. The van der Waals surface area contributed by atoms with Crippen LogP contribution in [0.5, 0.6) is 0 Å². The molecule has 0 radical (unpaired) electrons. The molecule has 0 saturated carbocycles. The highest BCUT2D eigenvalue weighted by molar-refractivity contribution is 7.86. The second-order valence-electron chi connectivity index (χ2n) is 4.57. The van der Waals surface area contributed by atoms with Gasteiger partial charge in [-0.25, -0.2) is 0 Å². The first-order chi connectivity index (χ1) is 9.50. The lowest BCUT2D eigenvalue weighted by atomic mass is 10.3. The van der Waals surface area contributed by atoms with Gasteiger partial charge < -0.3 is 15.4 Å². The van der Waals surface area contributed by atoms with Gasteiger partial charge in [0.05, 0.1) is 33.9 Å². The Balaban J connectivity index is 2.15. The van der Waals surface area contributed by atoms with Crippen LogP contribution in [0.2, 0.25) is 5.02 Å². The number of hydrogen-bond acceptors (Lipinski definition) is 4. The summed E-state index contributed by atoms with van der Waals surface area (Å²) in [5, 5.41) is -0.299. The third-order valence-corrected chi connectivity index (χ3v) is 5.22. The number of benzene rings is 1. The van der Waals surface area contributed by atoms with E-state index in [1.54, 1.807) is 30.0 Å². The van der Waals surface area contributed by atoms with Crippen molar-refractivity contribution in [3.63, 3.8) is 0 Å². The number of nitrogens with two attached hydrogens (primary N) is 1. The lowest BCUT2D eigenvalue weighted by molar-refractivity contribution is -0.134. The zero-order valence-electron chi connectivity index (χ0n) is 11.2. The van der Waals surface area contributed by atoms with Gasteiger partial charge in [-0.1, -0.05) is 11.6 Å². The van der Waals surface area contributed by atoms with E-state index in [1.165, 1.54) is 0 Å². The van der Waals surface area contributed by atoms with Crippen LogP contribution in [0, 0.1) is 0 Å². The number of ether oxygens (including phenoxy) is 1. The summed E-state index contributed by atoms with van der Waals surface area (Å²) in [5.41, 5.74) is 6.16.